The summed E-state index contributed by atoms with van der Waals surface area (Å²) in [6.07, 6.45) is 7.38. The van der Waals surface area contributed by atoms with Crippen LogP contribution in [0, 0.1) is 11.3 Å². The van der Waals surface area contributed by atoms with Gasteiger partial charge in [-0.05, 0) is 24.1 Å². The summed E-state index contributed by atoms with van der Waals surface area (Å²) in [5, 5.41) is 23.3. The highest BCUT2D eigenvalue weighted by Crippen LogP contribution is 2.23. The molecule has 8 heteroatoms. The molecule has 0 unspecified atom stereocenters. The zero-order chi connectivity index (χ0) is 18.8. The van der Waals surface area contributed by atoms with Crippen LogP contribution in [-0.2, 0) is 20.0 Å². The van der Waals surface area contributed by atoms with E-state index in [0.717, 1.165) is 35.1 Å². The quantitative estimate of drug-likeness (QED) is 0.543. The van der Waals surface area contributed by atoms with Gasteiger partial charge in [-0.25, -0.2) is 14.6 Å². The molecule has 0 saturated heterocycles. The summed E-state index contributed by atoms with van der Waals surface area (Å²) in [6.45, 7) is 2.67. The lowest BCUT2D eigenvalue weighted by molar-refractivity contribution is 0.731. The molecule has 0 aliphatic rings. The van der Waals surface area contributed by atoms with E-state index in [4.69, 9.17) is 5.26 Å². The van der Waals surface area contributed by atoms with Crippen molar-refractivity contribution in [1.29, 1.82) is 5.26 Å². The van der Waals surface area contributed by atoms with Crippen LogP contribution in [0.5, 0.6) is 0 Å². The van der Waals surface area contributed by atoms with Crippen LogP contribution in [0.4, 0.5) is 0 Å². The van der Waals surface area contributed by atoms with Crippen molar-refractivity contribution in [1.82, 2.24) is 34.5 Å². The van der Waals surface area contributed by atoms with Crippen LogP contribution in [0.3, 0.4) is 0 Å². The second-order valence-corrected chi connectivity index (χ2v) is 6.28. The van der Waals surface area contributed by atoms with Gasteiger partial charge in [0.15, 0.2) is 11.5 Å². The second kappa shape index (κ2) is 6.96. The molecule has 4 rings (SSSR count). The SMILES string of the molecule is CCCc1c(Cn2ccnc2-c2cccc(C#N)n2)nnc2c1cnn2C. The first-order valence-electron chi connectivity index (χ1n) is 8.76. The fraction of sp³-hybridized carbons (Fsp3) is 0.263. The molecule has 4 aromatic rings. The molecular formula is C19H18N8. The molecule has 4 aromatic heterocycles. The minimum atomic E-state index is 0.366. The molecule has 0 amide bonds. The molecule has 0 atom stereocenters. The molecule has 27 heavy (non-hydrogen) atoms. The van der Waals surface area contributed by atoms with Crippen molar-refractivity contribution >= 4 is 11.0 Å². The maximum atomic E-state index is 9.10. The number of pyridine rings is 1. The molecule has 0 saturated carbocycles. The Morgan fingerprint density at radius 1 is 1.22 bits per heavy atom. The number of hydrogen-bond donors (Lipinski definition) is 0. The number of nitriles is 1. The Kier molecular flexibility index (Phi) is 4.34. The number of aryl methyl sites for hydroxylation is 2. The van der Waals surface area contributed by atoms with E-state index in [-0.39, 0.29) is 0 Å². The van der Waals surface area contributed by atoms with E-state index in [2.05, 4.69) is 38.3 Å². The molecule has 0 aromatic carbocycles. The van der Waals surface area contributed by atoms with Gasteiger partial charge in [0.2, 0.25) is 0 Å². The average molecular weight is 358 g/mol. The minimum Gasteiger partial charge on any atom is -0.324 e. The topological polar surface area (TPSA) is 98.1 Å². The third-order valence-electron chi connectivity index (χ3n) is 4.47. The maximum absolute atomic E-state index is 9.10. The first-order chi connectivity index (χ1) is 13.2. The number of hydrogen-bond acceptors (Lipinski definition) is 6. The zero-order valence-electron chi connectivity index (χ0n) is 15.2. The summed E-state index contributed by atoms with van der Waals surface area (Å²) in [7, 11) is 1.87. The third kappa shape index (κ3) is 3.04. The number of fused-ring (bicyclic) bond motifs is 1. The van der Waals surface area contributed by atoms with Gasteiger partial charge in [-0.2, -0.15) is 15.5 Å². The van der Waals surface area contributed by atoms with Crippen molar-refractivity contribution in [3.8, 4) is 17.6 Å². The smallest absolute Gasteiger partial charge is 0.180 e. The van der Waals surface area contributed by atoms with E-state index in [0.29, 0.717) is 23.8 Å². The van der Waals surface area contributed by atoms with Crippen molar-refractivity contribution in [2.24, 2.45) is 7.05 Å². The summed E-state index contributed by atoms with van der Waals surface area (Å²) in [5.41, 5.74) is 3.87. The van der Waals surface area contributed by atoms with Gasteiger partial charge in [0.1, 0.15) is 17.5 Å². The molecule has 0 radical (unpaired) electrons. The van der Waals surface area contributed by atoms with Crippen LogP contribution >= 0.6 is 0 Å². The van der Waals surface area contributed by atoms with E-state index >= 15 is 0 Å². The summed E-state index contributed by atoms with van der Waals surface area (Å²) in [5.74, 6) is 0.697. The first-order valence-corrected chi connectivity index (χ1v) is 8.76. The fourth-order valence-electron chi connectivity index (χ4n) is 3.19. The van der Waals surface area contributed by atoms with Gasteiger partial charge in [0, 0.05) is 24.8 Å². The molecule has 0 spiro atoms. The van der Waals surface area contributed by atoms with Crippen LogP contribution < -0.4 is 0 Å². The Bertz CT molecular complexity index is 1150. The largest absolute Gasteiger partial charge is 0.324 e. The molecule has 0 bridgehead atoms. The highest BCUT2D eigenvalue weighted by molar-refractivity contribution is 5.78. The van der Waals surface area contributed by atoms with Crippen molar-refractivity contribution in [3.05, 3.63) is 53.7 Å². The lowest BCUT2D eigenvalue weighted by Gasteiger charge is -2.11. The monoisotopic (exact) mass is 358 g/mol. The van der Waals surface area contributed by atoms with Crippen molar-refractivity contribution < 1.29 is 0 Å². The Labute approximate surface area is 156 Å². The van der Waals surface area contributed by atoms with E-state index in [1.54, 1.807) is 16.9 Å². The molecule has 0 fully saturated rings. The second-order valence-electron chi connectivity index (χ2n) is 6.28. The lowest BCUT2D eigenvalue weighted by atomic mass is 10.1. The zero-order valence-corrected chi connectivity index (χ0v) is 15.2. The number of imidazole rings is 1. The van der Waals surface area contributed by atoms with Gasteiger partial charge < -0.3 is 4.57 Å². The van der Waals surface area contributed by atoms with Gasteiger partial charge >= 0.3 is 0 Å². The van der Waals surface area contributed by atoms with E-state index < -0.39 is 0 Å². The van der Waals surface area contributed by atoms with Crippen LogP contribution in [0.2, 0.25) is 0 Å². The molecule has 0 N–H and O–H groups in total. The average Bonchev–Trinajstić information content (AvgIpc) is 3.31. The summed E-state index contributed by atoms with van der Waals surface area (Å²) in [6, 6.07) is 7.40. The van der Waals surface area contributed by atoms with E-state index in [1.165, 1.54) is 0 Å². The standard InChI is InChI=1S/C19H18N8/c1-3-5-14-15-11-22-26(2)18(15)25-24-17(14)12-27-9-8-21-19(27)16-7-4-6-13(10-20)23-16/h4,6-9,11H,3,5,12H2,1-2H3. The van der Waals surface area contributed by atoms with Crippen LogP contribution in [0.25, 0.3) is 22.6 Å². The van der Waals surface area contributed by atoms with E-state index in [1.807, 2.05) is 36.1 Å². The molecule has 0 aliphatic heterocycles. The first kappa shape index (κ1) is 16.8. The molecule has 134 valence electrons. The van der Waals surface area contributed by atoms with Gasteiger partial charge in [-0.15, -0.1) is 5.10 Å². The normalized spacial score (nSPS) is 11.0. The Hall–Kier alpha value is -3.60. The number of rotatable bonds is 5. The Morgan fingerprint density at radius 2 is 2.11 bits per heavy atom. The van der Waals surface area contributed by atoms with Crippen molar-refractivity contribution in [2.45, 2.75) is 26.3 Å². The number of aromatic nitrogens is 7. The lowest BCUT2D eigenvalue weighted by Crippen LogP contribution is -2.09. The molecule has 0 aliphatic carbocycles. The van der Waals surface area contributed by atoms with Crippen molar-refractivity contribution in [2.75, 3.05) is 0 Å². The number of nitrogens with zero attached hydrogens (tertiary/aromatic N) is 8. The molecule has 8 nitrogen and oxygen atoms in total. The minimum absolute atomic E-state index is 0.366. The summed E-state index contributed by atoms with van der Waals surface area (Å²) >= 11 is 0. The van der Waals surface area contributed by atoms with Crippen LogP contribution in [0.1, 0.15) is 30.3 Å². The molecule has 4 heterocycles. The molecular weight excluding hydrogens is 340 g/mol. The summed E-state index contributed by atoms with van der Waals surface area (Å²) < 4.78 is 3.72. The highest BCUT2D eigenvalue weighted by Gasteiger charge is 2.16. The van der Waals surface area contributed by atoms with Crippen LogP contribution in [-0.4, -0.2) is 34.5 Å². The summed E-state index contributed by atoms with van der Waals surface area (Å²) in [4.78, 5) is 8.78. The highest BCUT2D eigenvalue weighted by atomic mass is 15.3. The van der Waals surface area contributed by atoms with Gasteiger partial charge in [-0.1, -0.05) is 19.4 Å². The third-order valence-corrected chi connectivity index (χ3v) is 4.47. The van der Waals surface area contributed by atoms with Gasteiger partial charge in [-0.3, -0.25) is 0 Å². The predicted octanol–water partition coefficient (Wildman–Crippen LogP) is 2.49. The van der Waals surface area contributed by atoms with Gasteiger partial charge in [0.05, 0.1) is 18.4 Å². The van der Waals surface area contributed by atoms with Gasteiger partial charge in [0.25, 0.3) is 0 Å². The van der Waals surface area contributed by atoms with Crippen LogP contribution in [0.15, 0.2) is 36.8 Å². The fourth-order valence-corrected chi connectivity index (χ4v) is 3.19. The Morgan fingerprint density at radius 3 is 2.93 bits per heavy atom. The maximum Gasteiger partial charge on any atom is 0.180 e. The van der Waals surface area contributed by atoms with E-state index in [9.17, 15) is 0 Å². The predicted molar refractivity (Wildman–Crippen MR) is 99.6 cm³/mol. The Balaban J connectivity index is 1.76. The van der Waals surface area contributed by atoms with Crippen molar-refractivity contribution in [3.63, 3.8) is 0 Å².